The lowest BCUT2D eigenvalue weighted by atomic mass is 10.2. The predicted molar refractivity (Wildman–Crippen MR) is 122 cm³/mol. The van der Waals surface area contributed by atoms with Crippen molar-refractivity contribution in [2.75, 3.05) is 5.32 Å². The molecule has 2 rings (SSSR count). The van der Waals surface area contributed by atoms with Gasteiger partial charge in [-0.05, 0) is 83.3 Å². The van der Waals surface area contributed by atoms with Crippen LogP contribution in [0.2, 0.25) is 5.02 Å². The monoisotopic (exact) mass is 561 g/mol. The first kappa shape index (κ1) is 21.8. The quantitative estimate of drug-likeness (QED) is 0.203. The first-order valence-electron chi connectivity index (χ1n) is 7.11. The van der Waals surface area contributed by atoms with Gasteiger partial charge in [0.2, 0.25) is 3.79 Å². The summed E-state index contributed by atoms with van der Waals surface area (Å²) in [5.74, 6) is -0.403. The van der Waals surface area contributed by atoms with Gasteiger partial charge in [-0.2, -0.15) is 0 Å². The Bertz CT molecular complexity index is 782. The Hall–Kier alpha value is -0.510. The van der Waals surface area contributed by atoms with Crippen LogP contribution in [0.3, 0.4) is 0 Å². The molecular formula is C16H12Cl4IN3OS. The minimum atomic E-state index is -1.83. The van der Waals surface area contributed by atoms with Crippen molar-refractivity contribution in [1.29, 1.82) is 0 Å². The molecule has 0 aliphatic carbocycles. The van der Waals surface area contributed by atoms with Gasteiger partial charge in [-0.3, -0.25) is 4.79 Å². The van der Waals surface area contributed by atoms with Gasteiger partial charge in [-0.25, -0.2) is 0 Å². The van der Waals surface area contributed by atoms with Gasteiger partial charge in [0.05, 0.1) is 0 Å². The summed E-state index contributed by atoms with van der Waals surface area (Å²) in [4.78, 5) is 12.4. The zero-order chi connectivity index (χ0) is 19.3. The van der Waals surface area contributed by atoms with Gasteiger partial charge in [-0.15, -0.1) is 0 Å². The molecule has 0 aliphatic heterocycles. The van der Waals surface area contributed by atoms with Crippen LogP contribution in [-0.4, -0.2) is 21.0 Å². The number of hydrogen-bond donors (Lipinski definition) is 3. The smallest absolute Gasteiger partial charge is 0.252 e. The van der Waals surface area contributed by atoms with E-state index < -0.39 is 15.9 Å². The predicted octanol–water partition coefficient (Wildman–Crippen LogP) is 5.36. The zero-order valence-corrected chi connectivity index (χ0v) is 18.9. The normalized spacial score (nSPS) is 12.2. The van der Waals surface area contributed by atoms with E-state index in [0.717, 1.165) is 3.57 Å². The molecule has 4 nitrogen and oxygen atoms in total. The van der Waals surface area contributed by atoms with E-state index in [2.05, 4.69) is 38.5 Å². The molecule has 138 valence electrons. The SMILES string of the molecule is O=C(NC(NC(=S)Nc1ccc(Cl)cc1)C(Cl)(Cl)Cl)c1ccc(I)cc1. The van der Waals surface area contributed by atoms with E-state index in [1.54, 1.807) is 48.5 Å². The summed E-state index contributed by atoms with van der Waals surface area (Å²) in [7, 11) is 0. The highest BCUT2D eigenvalue weighted by molar-refractivity contribution is 14.1. The first-order chi connectivity index (χ1) is 12.1. The molecule has 2 aromatic carbocycles. The van der Waals surface area contributed by atoms with Crippen LogP contribution in [0.1, 0.15) is 10.4 Å². The van der Waals surface area contributed by atoms with Crippen molar-refractivity contribution in [3.8, 4) is 0 Å². The Morgan fingerprint density at radius 2 is 1.58 bits per heavy atom. The van der Waals surface area contributed by atoms with Gasteiger partial charge in [0.15, 0.2) is 5.11 Å². The molecule has 10 heteroatoms. The van der Waals surface area contributed by atoms with Gasteiger partial charge in [-0.1, -0.05) is 46.4 Å². The molecule has 2 aromatic rings. The Kier molecular flexibility index (Phi) is 8.06. The third-order valence-corrected chi connectivity index (χ3v) is 4.93. The number of anilines is 1. The Labute approximate surface area is 190 Å². The fraction of sp³-hybridized carbons (Fsp3) is 0.125. The van der Waals surface area contributed by atoms with Crippen LogP contribution in [0, 0.1) is 3.57 Å². The van der Waals surface area contributed by atoms with E-state index in [1.807, 2.05) is 0 Å². The van der Waals surface area contributed by atoms with Crippen molar-refractivity contribution < 1.29 is 4.79 Å². The van der Waals surface area contributed by atoms with Gasteiger partial charge in [0.1, 0.15) is 6.17 Å². The lowest BCUT2D eigenvalue weighted by molar-refractivity contribution is 0.0934. The fourth-order valence-electron chi connectivity index (χ4n) is 1.85. The van der Waals surface area contributed by atoms with E-state index in [0.29, 0.717) is 16.3 Å². The molecule has 0 aromatic heterocycles. The van der Waals surface area contributed by atoms with Crippen molar-refractivity contribution in [1.82, 2.24) is 10.6 Å². The third-order valence-electron chi connectivity index (χ3n) is 3.09. The Morgan fingerprint density at radius 1 is 1.00 bits per heavy atom. The first-order valence-corrected chi connectivity index (χ1v) is 10.1. The summed E-state index contributed by atoms with van der Waals surface area (Å²) >= 11 is 31.1. The number of rotatable bonds is 4. The van der Waals surface area contributed by atoms with Crippen molar-refractivity contribution in [3.63, 3.8) is 0 Å². The van der Waals surface area contributed by atoms with Crippen LogP contribution in [0.15, 0.2) is 48.5 Å². The maximum absolute atomic E-state index is 12.4. The second-order valence-electron chi connectivity index (χ2n) is 5.06. The average molecular weight is 563 g/mol. The van der Waals surface area contributed by atoms with E-state index in [1.165, 1.54) is 0 Å². The molecule has 1 amide bonds. The largest absolute Gasteiger partial charge is 0.339 e. The van der Waals surface area contributed by atoms with E-state index in [-0.39, 0.29) is 5.11 Å². The summed E-state index contributed by atoms with van der Waals surface area (Å²) in [6.45, 7) is 0. The molecule has 0 heterocycles. The Morgan fingerprint density at radius 3 is 2.12 bits per heavy atom. The van der Waals surface area contributed by atoms with Crippen molar-refractivity contribution in [3.05, 3.63) is 62.7 Å². The van der Waals surface area contributed by atoms with Crippen LogP contribution in [0.5, 0.6) is 0 Å². The maximum Gasteiger partial charge on any atom is 0.252 e. The number of hydrogen-bond acceptors (Lipinski definition) is 2. The molecule has 1 unspecified atom stereocenters. The van der Waals surface area contributed by atoms with Gasteiger partial charge in [0.25, 0.3) is 5.91 Å². The van der Waals surface area contributed by atoms with Crippen molar-refractivity contribution in [2.45, 2.75) is 9.96 Å². The lowest BCUT2D eigenvalue weighted by Crippen LogP contribution is -2.56. The molecule has 0 saturated carbocycles. The molecule has 3 N–H and O–H groups in total. The maximum atomic E-state index is 12.4. The number of benzene rings is 2. The molecule has 1 atom stereocenters. The highest BCUT2D eigenvalue weighted by atomic mass is 127. The second-order valence-corrected chi connectivity index (χ2v) is 9.52. The third kappa shape index (κ3) is 6.90. The molecule has 0 fully saturated rings. The molecule has 0 bridgehead atoms. The summed E-state index contributed by atoms with van der Waals surface area (Å²) in [6, 6.07) is 13.9. The Balaban J connectivity index is 2.04. The second kappa shape index (κ2) is 9.61. The van der Waals surface area contributed by atoms with E-state index in [4.69, 9.17) is 58.6 Å². The minimum absolute atomic E-state index is 0.173. The molecule has 0 saturated heterocycles. The highest BCUT2D eigenvalue weighted by Crippen LogP contribution is 2.29. The van der Waals surface area contributed by atoms with Crippen LogP contribution in [-0.2, 0) is 0 Å². The van der Waals surface area contributed by atoms with Crippen molar-refractivity contribution in [2.24, 2.45) is 0 Å². The summed E-state index contributed by atoms with van der Waals surface area (Å²) < 4.78 is -0.825. The fourth-order valence-corrected chi connectivity index (χ4v) is 2.90. The lowest BCUT2D eigenvalue weighted by Gasteiger charge is -2.27. The van der Waals surface area contributed by atoms with Crippen LogP contribution < -0.4 is 16.0 Å². The average Bonchev–Trinajstić information content (AvgIpc) is 2.56. The topological polar surface area (TPSA) is 53.2 Å². The molecular weight excluding hydrogens is 551 g/mol. The highest BCUT2D eigenvalue weighted by Gasteiger charge is 2.34. The zero-order valence-electron chi connectivity index (χ0n) is 12.9. The number of nitrogens with one attached hydrogen (secondary N) is 3. The molecule has 26 heavy (non-hydrogen) atoms. The molecule has 0 radical (unpaired) electrons. The van der Waals surface area contributed by atoms with Gasteiger partial charge < -0.3 is 16.0 Å². The van der Waals surface area contributed by atoms with E-state index in [9.17, 15) is 4.79 Å². The van der Waals surface area contributed by atoms with Crippen LogP contribution in [0.4, 0.5) is 5.69 Å². The standard InChI is InChI=1S/C16H12Cl4IN3OS/c17-10-3-7-12(8-4-10)22-15(26)24-14(16(18,19)20)23-13(25)9-1-5-11(21)6-2-9/h1-8,14H,(H,23,25)(H2,22,24,26). The van der Waals surface area contributed by atoms with E-state index >= 15 is 0 Å². The molecule has 0 spiro atoms. The van der Waals surface area contributed by atoms with Gasteiger partial charge in [0, 0.05) is 19.8 Å². The summed E-state index contributed by atoms with van der Waals surface area (Å²) in [5, 5.41) is 9.11. The summed E-state index contributed by atoms with van der Waals surface area (Å²) in [5.41, 5.74) is 1.13. The van der Waals surface area contributed by atoms with Crippen molar-refractivity contribution >= 4 is 97.9 Å². The number of amides is 1. The number of thiocarbonyl (C=S) groups is 1. The number of halogens is 5. The van der Waals surface area contributed by atoms with Crippen LogP contribution >= 0.6 is 81.2 Å². The summed E-state index contributed by atoms with van der Waals surface area (Å²) in [6.07, 6.45) is -1.05. The number of carbonyl (C=O) groups is 1. The minimum Gasteiger partial charge on any atom is -0.339 e. The number of alkyl halides is 3. The molecule has 0 aliphatic rings. The number of carbonyl (C=O) groups excluding carboxylic acids is 1. The van der Waals surface area contributed by atoms with Crippen LogP contribution in [0.25, 0.3) is 0 Å². The van der Waals surface area contributed by atoms with Gasteiger partial charge >= 0.3 is 0 Å².